The molecular formula is C27H46O2Si. The summed E-state index contributed by atoms with van der Waals surface area (Å²) in [5, 5.41) is 0.281. The molecule has 0 bridgehead atoms. The zero-order valence-electron chi connectivity index (χ0n) is 20.9. The fourth-order valence-corrected chi connectivity index (χ4v) is 9.38. The molecule has 170 valence electrons. The first kappa shape index (κ1) is 22.8. The van der Waals surface area contributed by atoms with Crippen molar-refractivity contribution >= 4 is 14.1 Å². The summed E-state index contributed by atoms with van der Waals surface area (Å²) in [5.74, 6) is 3.12. The summed E-state index contributed by atoms with van der Waals surface area (Å²) in [6.07, 6.45) is 13.0. The molecule has 0 aromatic heterocycles. The molecule has 0 N–H and O–H groups in total. The van der Waals surface area contributed by atoms with E-state index in [1.165, 1.54) is 38.5 Å². The maximum atomic E-state index is 12.4. The van der Waals surface area contributed by atoms with Crippen LogP contribution in [-0.4, -0.2) is 20.2 Å². The van der Waals surface area contributed by atoms with E-state index in [0.29, 0.717) is 23.2 Å². The van der Waals surface area contributed by atoms with Crippen molar-refractivity contribution in [1.29, 1.82) is 0 Å². The predicted octanol–water partition coefficient (Wildman–Crippen LogP) is 7.54. The van der Waals surface area contributed by atoms with E-state index in [9.17, 15) is 4.79 Å². The summed E-state index contributed by atoms with van der Waals surface area (Å²) in [6.45, 7) is 18.7. The quantitative estimate of drug-likeness (QED) is 0.341. The molecule has 0 aromatic carbocycles. The average Bonchev–Trinajstić information content (AvgIpc) is 2.98. The molecule has 0 amide bonds. The lowest BCUT2D eigenvalue weighted by Crippen LogP contribution is -2.52. The van der Waals surface area contributed by atoms with Gasteiger partial charge in [0.2, 0.25) is 0 Å². The summed E-state index contributed by atoms with van der Waals surface area (Å²) >= 11 is 0. The number of carbonyl (C=O) groups excluding carboxylic acids is 1. The minimum Gasteiger partial charge on any atom is -0.414 e. The fourth-order valence-electron chi connectivity index (χ4n) is 7.99. The predicted molar refractivity (Wildman–Crippen MR) is 128 cm³/mol. The van der Waals surface area contributed by atoms with Crippen molar-refractivity contribution in [2.24, 2.45) is 34.5 Å². The van der Waals surface area contributed by atoms with Gasteiger partial charge in [0.15, 0.2) is 8.32 Å². The Kier molecular flexibility index (Phi) is 5.54. The molecule has 3 saturated carbocycles. The van der Waals surface area contributed by atoms with Crippen molar-refractivity contribution in [2.75, 3.05) is 0 Å². The molecule has 0 aromatic rings. The first-order valence-electron chi connectivity index (χ1n) is 12.7. The number of carbonyl (C=O) groups is 1. The summed E-state index contributed by atoms with van der Waals surface area (Å²) < 4.78 is 6.86. The van der Waals surface area contributed by atoms with Gasteiger partial charge in [0.05, 0.1) is 0 Å². The highest BCUT2D eigenvalue weighted by atomic mass is 28.4. The number of Topliss-reactive ketones (excluding diaryl/α,β-unsaturated/α-hetero) is 1. The molecule has 3 heteroatoms. The second kappa shape index (κ2) is 7.30. The Labute approximate surface area is 186 Å². The average molecular weight is 431 g/mol. The molecule has 4 aliphatic rings. The second-order valence-electron chi connectivity index (χ2n) is 13.3. The minimum absolute atomic E-state index is 0.261. The van der Waals surface area contributed by atoms with Crippen molar-refractivity contribution < 1.29 is 9.22 Å². The Hall–Kier alpha value is -0.413. The Morgan fingerprint density at radius 3 is 2.40 bits per heavy atom. The first-order valence-corrected chi connectivity index (χ1v) is 15.6. The molecule has 0 unspecified atom stereocenters. The third kappa shape index (κ3) is 3.41. The Morgan fingerprint density at radius 2 is 1.77 bits per heavy atom. The Bertz CT molecular complexity index is 732. The van der Waals surface area contributed by atoms with Gasteiger partial charge in [-0.1, -0.05) is 46.3 Å². The van der Waals surface area contributed by atoms with Crippen LogP contribution in [0.15, 0.2) is 11.6 Å². The highest BCUT2D eigenvalue weighted by Gasteiger charge is 2.59. The van der Waals surface area contributed by atoms with E-state index in [-0.39, 0.29) is 10.5 Å². The van der Waals surface area contributed by atoms with Crippen LogP contribution in [0, 0.1) is 34.5 Å². The van der Waals surface area contributed by atoms with Crippen LogP contribution in [0.2, 0.25) is 18.1 Å². The summed E-state index contributed by atoms with van der Waals surface area (Å²) in [5.41, 5.74) is 2.34. The highest BCUT2D eigenvalue weighted by Crippen LogP contribution is 2.66. The van der Waals surface area contributed by atoms with Gasteiger partial charge in [0.1, 0.15) is 5.78 Å². The van der Waals surface area contributed by atoms with E-state index < -0.39 is 8.32 Å². The van der Waals surface area contributed by atoms with Crippen LogP contribution in [0.25, 0.3) is 0 Å². The van der Waals surface area contributed by atoms with Crippen LogP contribution in [-0.2, 0) is 9.22 Å². The lowest BCUT2D eigenvalue weighted by atomic mass is 9.47. The molecule has 30 heavy (non-hydrogen) atoms. The summed E-state index contributed by atoms with van der Waals surface area (Å²) in [7, 11) is -1.71. The highest BCUT2D eigenvalue weighted by molar-refractivity contribution is 6.74. The molecule has 4 aliphatic carbocycles. The molecule has 0 saturated heterocycles. The van der Waals surface area contributed by atoms with Crippen molar-refractivity contribution in [2.45, 2.75) is 117 Å². The van der Waals surface area contributed by atoms with Crippen molar-refractivity contribution in [3.63, 3.8) is 0 Å². The van der Waals surface area contributed by atoms with E-state index in [1.807, 2.05) is 6.92 Å². The molecule has 4 rings (SSSR count). The lowest BCUT2D eigenvalue weighted by molar-refractivity contribution is -0.127. The Morgan fingerprint density at radius 1 is 1.07 bits per heavy atom. The maximum Gasteiger partial charge on any atom is 0.192 e. The van der Waals surface area contributed by atoms with Gasteiger partial charge in [-0.2, -0.15) is 0 Å². The van der Waals surface area contributed by atoms with E-state index in [2.05, 4.69) is 53.8 Å². The van der Waals surface area contributed by atoms with Gasteiger partial charge in [-0.05, 0) is 105 Å². The minimum atomic E-state index is -1.71. The number of hydrogen-bond donors (Lipinski definition) is 0. The molecule has 0 aliphatic heterocycles. The van der Waals surface area contributed by atoms with E-state index in [1.54, 1.807) is 5.57 Å². The van der Waals surface area contributed by atoms with Gasteiger partial charge in [0.25, 0.3) is 0 Å². The van der Waals surface area contributed by atoms with Gasteiger partial charge < -0.3 is 4.43 Å². The van der Waals surface area contributed by atoms with Crippen LogP contribution in [0.1, 0.15) is 92.9 Å². The second-order valence-corrected chi connectivity index (χ2v) is 18.0. The van der Waals surface area contributed by atoms with Crippen LogP contribution in [0.4, 0.5) is 0 Å². The van der Waals surface area contributed by atoms with Crippen LogP contribution in [0.3, 0.4) is 0 Å². The van der Waals surface area contributed by atoms with Crippen LogP contribution in [0.5, 0.6) is 0 Å². The number of ketones is 1. The van der Waals surface area contributed by atoms with E-state index >= 15 is 0 Å². The number of fused-ring (bicyclic) bond motifs is 5. The SMILES string of the molecule is CC(=O)[C@@H]1CC[C@@H]2[C@H]3CC=C4C[C@H](O[Si](C)(C)C(C)(C)C)CC[C@]4(C)[C@@H]3CC[C@]21C. The van der Waals surface area contributed by atoms with Crippen LogP contribution >= 0.6 is 0 Å². The zero-order valence-corrected chi connectivity index (χ0v) is 21.9. The monoisotopic (exact) mass is 430 g/mol. The lowest BCUT2D eigenvalue weighted by Gasteiger charge is -2.58. The van der Waals surface area contributed by atoms with E-state index in [0.717, 1.165) is 30.6 Å². The van der Waals surface area contributed by atoms with Gasteiger partial charge in [-0.25, -0.2) is 0 Å². The Balaban J connectivity index is 1.53. The maximum absolute atomic E-state index is 12.4. The third-order valence-electron chi connectivity index (χ3n) is 10.8. The standard InChI is InChI=1S/C27H46O2Si/c1-18(28)22-11-12-23-21-10-9-19-17-20(29-30(7,8)25(2,3)4)13-15-26(19,5)24(21)14-16-27(22,23)6/h9,20-24H,10-17H2,1-8H3/t20-,21-,22+,23-,24-,26+,27+/m1/s1. The summed E-state index contributed by atoms with van der Waals surface area (Å²) in [6, 6.07) is 0. The third-order valence-corrected chi connectivity index (χ3v) is 15.4. The number of rotatable bonds is 3. The molecule has 7 atom stereocenters. The number of hydrogen-bond acceptors (Lipinski definition) is 2. The summed E-state index contributed by atoms with van der Waals surface area (Å²) in [4.78, 5) is 12.4. The van der Waals surface area contributed by atoms with Gasteiger partial charge in [-0.3, -0.25) is 4.79 Å². The first-order chi connectivity index (χ1) is 13.8. The fraction of sp³-hybridized carbons (Fsp3) is 0.889. The van der Waals surface area contributed by atoms with Crippen molar-refractivity contribution in [3.05, 3.63) is 11.6 Å². The molecular weight excluding hydrogens is 384 g/mol. The van der Waals surface area contributed by atoms with Crippen molar-refractivity contribution in [3.8, 4) is 0 Å². The molecule has 3 fully saturated rings. The van der Waals surface area contributed by atoms with E-state index in [4.69, 9.17) is 4.43 Å². The normalized spacial score (nSPS) is 44.0. The number of allylic oxidation sites excluding steroid dienone is 1. The zero-order chi connectivity index (χ0) is 22.1. The van der Waals surface area contributed by atoms with Crippen molar-refractivity contribution in [1.82, 2.24) is 0 Å². The molecule has 0 spiro atoms. The molecule has 0 radical (unpaired) electrons. The van der Waals surface area contributed by atoms with Gasteiger partial charge in [-0.15, -0.1) is 0 Å². The smallest absolute Gasteiger partial charge is 0.192 e. The van der Waals surface area contributed by atoms with Crippen LogP contribution < -0.4 is 0 Å². The van der Waals surface area contributed by atoms with Gasteiger partial charge >= 0.3 is 0 Å². The molecule has 2 nitrogen and oxygen atoms in total. The largest absolute Gasteiger partial charge is 0.414 e. The molecule has 0 heterocycles. The van der Waals surface area contributed by atoms with Gasteiger partial charge in [0, 0.05) is 12.0 Å². The topological polar surface area (TPSA) is 26.3 Å².